The Balaban J connectivity index is 2.23. The van der Waals surface area contributed by atoms with Crippen LogP contribution in [0.25, 0.3) is 0 Å². The number of carbonyl (C=O) groups excluding carboxylic acids is 2. The molecule has 0 atom stereocenters. The quantitative estimate of drug-likeness (QED) is 0.857. The third kappa shape index (κ3) is 3.78. The molecule has 23 heavy (non-hydrogen) atoms. The summed E-state index contributed by atoms with van der Waals surface area (Å²) in [4.78, 5) is 26.5. The minimum atomic E-state index is -0.340. The van der Waals surface area contributed by atoms with Crippen molar-refractivity contribution in [3.05, 3.63) is 53.5 Å². The number of anilines is 1. The molecule has 1 heterocycles. The van der Waals surface area contributed by atoms with Crippen molar-refractivity contribution < 1.29 is 14.0 Å². The van der Waals surface area contributed by atoms with Gasteiger partial charge in [-0.15, -0.1) is 0 Å². The van der Waals surface area contributed by atoms with Crippen molar-refractivity contribution in [3.8, 4) is 0 Å². The lowest BCUT2D eigenvalue weighted by Crippen LogP contribution is -2.31. The molecule has 0 saturated carbocycles. The first kappa shape index (κ1) is 16.8. The van der Waals surface area contributed by atoms with E-state index in [0.29, 0.717) is 35.7 Å². The van der Waals surface area contributed by atoms with Gasteiger partial charge in [0.05, 0.1) is 23.4 Å². The molecule has 0 bridgehead atoms. The van der Waals surface area contributed by atoms with Gasteiger partial charge in [-0.3, -0.25) is 9.59 Å². The van der Waals surface area contributed by atoms with Gasteiger partial charge >= 0.3 is 0 Å². The molecule has 122 valence electrons. The van der Waals surface area contributed by atoms with Crippen molar-refractivity contribution in [1.82, 2.24) is 4.90 Å². The van der Waals surface area contributed by atoms with Crippen molar-refractivity contribution in [2.75, 3.05) is 18.4 Å². The molecule has 3 N–H and O–H groups in total. The second-order valence-electron chi connectivity index (χ2n) is 4.98. The predicted molar refractivity (Wildman–Crippen MR) is 88.2 cm³/mol. The molecule has 0 saturated heterocycles. The topological polar surface area (TPSA) is 88.6 Å². The van der Waals surface area contributed by atoms with Crippen LogP contribution in [0.5, 0.6) is 0 Å². The number of benzene rings is 1. The second-order valence-corrected chi connectivity index (χ2v) is 4.98. The highest BCUT2D eigenvalue weighted by Crippen LogP contribution is 2.19. The van der Waals surface area contributed by atoms with Crippen LogP contribution in [0.1, 0.15) is 40.3 Å². The van der Waals surface area contributed by atoms with E-state index < -0.39 is 0 Å². The summed E-state index contributed by atoms with van der Waals surface area (Å²) < 4.78 is 5.16. The number of furan rings is 1. The summed E-state index contributed by atoms with van der Waals surface area (Å²) in [5, 5.41) is 2.76. The Morgan fingerprint density at radius 2 is 1.91 bits per heavy atom. The average Bonchev–Trinajstić information content (AvgIpc) is 3.05. The summed E-state index contributed by atoms with van der Waals surface area (Å²) in [7, 11) is 0. The van der Waals surface area contributed by atoms with Crippen LogP contribution >= 0.6 is 0 Å². The number of carbonyl (C=O) groups is 2. The monoisotopic (exact) mass is 315 g/mol. The molecule has 2 aromatic rings. The van der Waals surface area contributed by atoms with E-state index in [1.54, 1.807) is 35.2 Å². The molecule has 0 aliphatic rings. The number of nitrogens with two attached hydrogens (primary N) is 1. The highest BCUT2D eigenvalue weighted by molar-refractivity contribution is 6.08. The highest BCUT2D eigenvalue weighted by atomic mass is 16.3. The van der Waals surface area contributed by atoms with Gasteiger partial charge in [0.25, 0.3) is 11.8 Å². The summed E-state index contributed by atoms with van der Waals surface area (Å²) in [6.07, 6.45) is 1.35. The third-order valence-corrected chi connectivity index (χ3v) is 3.57. The molecule has 0 fully saturated rings. The molecule has 0 aliphatic carbocycles. The van der Waals surface area contributed by atoms with E-state index in [1.807, 2.05) is 13.8 Å². The zero-order chi connectivity index (χ0) is 16.8. The Morgan fingerprint density at radius 1 is 1.22 bits per heavy atom. The first-order valence-corrected chi connectivity index (χ1v) is 7.57. The van der Waals surface area contributed by atoms with E-state index in [1.165, 1.54) is 6.26 Å². The smallest absolute Gasteiger partial charge is 0.258 e. The first-order valence-electron chi connectivity index (χ1n) is 7.57. The van der Waals surface area contributed by atoms with Crippen molar-refractivity contribution in [3.63, 3.8) is 0 Å². The Morgan fingerprint density at radius 3 is 2.52 bits per heavy atom. The number of para-hydroxylation sites is 1. The molecule has 2 amide bonds. The predicted octanol–water partition coefficient (Wildman–Crippen LogP) is 2.47. The zero-order valence-electron chi connectivity index (χ0n) is 13.3. The summed E-state index contributed by atoms with van der Waals surface area (Å²) in [6.45, 7) is 5.29. The summed E-state index contributed by atoms with van der Waals surface area (Å²) in [6, 6.07) is 8.55. The van der Waals surface area contributed by atoms with Crippen LogP contribution in [0.15, 0.2) is 41.0 Å². The van der Waals surface area contributed by atoms with Crippen LogP contribution in [0, 0.1) is 0 Å². The number of rotatable bonds is 6. The van der Waals surface area contributed by atoms with E-state index in [2.05, 4.69) is 5.32 Å². The fourth-order valence-corrected chi connectivity index (χ4v) is 2.26. The van der Waals surface area contributed by atoms with Crippen molar-refractivity contribution in [2.45, 2.75) is 20.4 Å². The molecule has 0 radical (unpaired) electrons. The molecule has 0 aliphatic heterocycles. The van der Waals surface area contributed by atoms with Crippen molar-refractivity contribution in [2.24, 2.45) is 5.73 Å². The van der Waals surface area contributed by atoms with E-state index in [4.69, 9.17) is 10.2 Å². The van der Waals surface area contributed by atoms with Crippen LogP contribution in [0.2, 0.25) is 0 Å². The van der Waals surface area contributed by atoms with Gasteiger partial charge in [-0.05, 0) is 32.0 Å². The number of hydrogen-bond donors (Lipinski definition) is 2. The number of nitrogens with one attached hydrogen (secondary N) is 1. The van der Waals surface area contributed by atoms with Gasteiger partial charge in [0, 0.05) is 13.1 Å². The lowest BCUT2D eigenvalue weighted by Gasteiger charge is -2.20. The van der Waals surface area contributed by atoms with Crippen LogP contribution in [0.4, 0.5) is 5.69 Å². The standard InChI is InChI=1S/C17H21N3O3/c1-3-20(4-2)17(22)14-7-5-6-8-15(14)19-16(21)12-9-13(10-18)23-11-12/h5-9,11H,3-4,10,18H2,1-2H3,(H,19,21). The Kier molecular flexibility index (Phi) is 5.54. The van der Waals surface area contributed by atoms with Crippen molar-refractivity contribution in [1.29, 1.82) is 0 Å². The maximum Gasteiger partial charge on any atom is 0.258 e. The minimum Gasteiger partial charge on any atom is -0.467 e. The van der Waals surface area contributed by atoms with E-state index in [-0.39, 0.29) is 18.4 Å². The first-order chi connectivity index (χ1) is 11.1. The zero-order valence-corrected chi connectivity index (χ0v) is 13.3. The van der Waals surface area contributed by atoms with Crippen LogP contribution in [-0.4, -0.2) is 29.8 Å². The fraction of sp³-hybridized carbons (Fsp3) is 0.294. The fourth-order valence-electron chi connectivity index (χ4n) is 2.26. The average molecular weight is 315 g/mol. The van der Waals surface area contributed by atoms with Gasteiger partial charge in [-0.2, -0.15) is 0 Å². The number of nitrogens with zero attached hydrogens (tertiary/aromatic N) is 1. The Bertz CT molecular complexity index is 690. The van der Waals surface area contributed by atoms with Crippen LogP contribution < -0.4 is 11.1 Å². The maximum absolute atomic E-state index is 12.5. The van der Waals surface area contributed by atoms with Gasteiger partial charge < -0.3 is 20.4 Å². The van der Waals surface area contributed by atoms with Gasteiger partial charge in [0.2, 0.25) is 0 Å². The Labute approximate surface area is 135 Å². The highest BCUT2D eigenvalue weighted by Gasteiger charge is 2.18. The molecule has 6 heteroatoms. The van der Waals surface area contributed by atoms with Gasteiger partial charge in [0.15, 0.2) is 0 Å². The number of amides is 2. The third-order valence-electron chi connectivity index (χ3n) is 3.57. The molecule has 1 aromatic carbocycles. The SMILES string of the molecule is CCN(CC)C(=O)c1ccccc1NC(=O)c1coc(CN)c1. The largest absolute Gasteiger partial charge is 0.467 e. The molecule has 6 nitrogen and oxygen atoms in total. The van der Waals surface area contributed by atoms with Gasteiger partial charge in [0.1, 0.15) is 12.0 Å². The molecular formula is C17H21N3O3. The molecule has 1 aromatic heterocycles. The normalized spacial score (nSPS) is 10.4. The van der Waals surface area contributed by atoms with E-state index in [0.717, 1.165) is 0 Å². The summed E-state index contributed by atoms with van der Waals surface area (Å²) in [5.74, 6) is 0.0802. The van der Waals surface area contributed by atoms with Crippen molar-refractivity contribution >= 4 is 17.5 Å². The minimum absolute atomic E-state index is 0.110. The molecular weight excluding hydrogens is 294 g/mol. The second kappa shape index (κ2) is 7.60. The Hall–Kier alpha value is -2.60. The van der Waals surface area contributed by atoms with Gasteiger partial charge in [-0.1, -0.05) is 12.1 Å². The lowest BCUT2D eigenvalue weighted by atomic mass is 10.1. The van der Waals surface area contributed by atoms with Crippen LogP contribution in [0.3, 0.4) is 0 Å². The van der Waals surface area contributed by atoms with E-state index in [9.17, 15) is 9.59 Å². The lowest BCUT2D eigenvalue weighted by molar-refractivity contribution is 0.0774. The molecule has 2 rings (SSSR count). The van der Waals surface area contributed by atoms with E-state index >= 15 is 0 Å². The summed E-state index contributed by atoms with van der Waals surface area (Å²) in [5.41, 5.74) is 6.78. The summed E-state index contributed by atoms with van der Waals surface area (Å²) >= 11 is 0. The van der Waals surface area contributed by atoms with Gasteiger partial charge in [-0.25, -0.2) is 0 Å². The molecule has 0 unspecified atom stereocenters. The molecule has 0 spiro atoms. The maximum atomic E-state index is 12.5. The number of hydrogen-bond acceptors (Lipinski definition) is 4. The van der Waals surface area contributed by atoms with Crippen LogP contribution in [-0.2, 0) is 6.54 Å².